The highest BCUT2D eigenvalue weighted by atomic mass is 32.1. The fourth-order valence-electron chi connectivity index (χ4n) is 4.27. The highest BCUT2D eigenvalue weighted by Crippen LogP contribution is 2.25. The van der Waals surface area contributed by atoms with Crippen LogP contribution in [0, 0.1) is 0 Å². The van der Waals surface area contributed by atoms with Crippen molar-refractivity contribution >= 4 is 47.4 Å². The number of nitrogens with one attached hydrogen (secondary N) is 1. The Morgan fingerprint density at radius 2 is 1.75 bits per heavy atom. The molecule has 172 valence electrons. The molecule has 2 fully saturated rings. The molecular weight excluding hydrogens is 438 g/mol. The summed E-state index contributed by atoms with van der Waals surface area (Å²) < 4.78 is 0. The van der Waals surface area contributed by atoms with Crippen molar-refractivity contribution in [3.05, 3.63) is 35.3 Å². The second-order valence-electron chi connectivity index (χ2n) is 9.76. The standard InChI is InChI=1S/C23H33N5O2SSi/c1-17-15-27(23-25-20(16-31-23)21(29)26-11-5-6-12-26)13-14-28(17)22(30)24-18-7-9-19(10-8-18)32(2,3)4/h7-10,16-17H,5-6,11-15H2,1-4H3,(H,24,30). The first-order valence-corrected chi connectivity index (χ1v) is 15.8. The molecule has 1 N–H and O–H groups in total. The molecule has 1 aromatic heterocycles. The molecule has 0 radical (unpaired) electrons. The molecule has 32 heavy (non-hydrogen) atoms. The van der Waals surface area contributed by atoms with Gasteiger partial charge < -0.3 is 20.0 Å². The van der Waals surface area contributed by atoms with Gasteiger partial charge in [-0.05, 0) is 31.9 Å². The van der Waals surface area contributed by atoms with Crippen molar-refractivity contribution in [1.29, 1.82) is 0 Å². The van der Waals surface area contributed by atoms with Crippen LogP contribution < -0.4 is 15.4 Å². The number of piperazine rings is 1. The van der Waals surface area contributed by atoms with E-state index in [-0.39, 0.29) is 18.0 Å². The molecule has 0 bridgehead atoms. The van der Waals surface area contributed by atoms with Gasteiger partial charge in [0.05, 0.1) is 8.07 Å². The molecule has 3 amide bonds. The van der Waals surface area contributed by atoms with Crippen LogP contribution in [0.4, 0.5) is 15.6 Å². The molecule has 1 unspecified atom stereocenters. The molecule has 9 heteroatoms. The molecule has 0 saturated carbocycles. The number of likely N-dealkylation sites (tertiary alicyclic amines) is 1. The molecule has 0 spiro atoms. The monoisotopic (exact) mass is 471 g/mol. The van der Waals surface area contributed by atoms with Gasteiger partial charge in [0, 0.05) is 49.8 Å². The van der Waals surface area contributed by atoms with Crippen molar-refractivity contribution in [1.82, 2.24) is 14.8 Å². The Hall–Kier alpha value is -2.39. The number of urea groups is 1. The van der Waals surface area contributed by atoms with Gasteiger partial charge in [0.2, 0.25) is 0 Å². The van der Waals surface area contributed by atoms with Crippen LogP contribution in [0.15, 0.2) is 29.6 Å². The summed E-state index contributed by atoms with van der Waals surface area (Å²) in [5, 5.41) is 7.15. The third-order valence-corrected chi connectivity index (χ3v) is 9.23. The largest absolute Gasteiger partial charge is 0.344 e. The first kappa shape index (κ1) is 22.8. The number of benzene rings is 1. The minimum absolute atomic E-state index is 0.0382. The summed E-state index contributed by atoms with van der Waals surface area (Å²) in [4.78, 5) is 36.0. The topological polar surface area (TPSA) is 68.8 Å². The van der Waals surface area contributed by atoms with E-state index in [2.05, 4.69) is 53.9 Å². The highest BCUT2D eigenvalue weighted by Gasteiger charge is 2.30. The van der Waals surface area contributed by atoms with E-state index >= 15 is 0 Å². The maximum absolute atomic E-state index is 12.9. The van der Waals surface area contributed by atoms with Gasteiger partial charge in [-0.2, -0.15) is 0 Å². The lowest BCUT2D eigenvalue weighted by molar-refractivity contribution is 0.0788. The summed E-state index contributed by atoms with van der Waals surface area (Å²) in [5.41, 5.74) is 1.37. The van der Waals surface area contributed by atoms with Crippen molar-refractivity contribution < 1.29 is 9.59 Å². The van der Waals surface area contributed by atoms with Crippen molar-refractivity contribution in [3.63, 3.8) is 0 Å². The Morgan fingerprint density at radius 1 is 1.06 bits per heavy atom. The Morgan fingerprint density at radius 3 is 2.38 bits per heavy atom. The zero-order valence-electron chi connectivity index (χ0n) is 19.4. The second kappa shape index (κ2) is 9.23. The predicted octanol–water partition coefficient (Wildman–Crippen LogP) is 3.67. The number of carbonyl (C=O) groups excluding carboxylic acids is 2. The van der Waals surface area contributed by atoms with Gasteiger partial charge in [-0.25, -0.2) is 9.78 Å². The summed E-state index contributed by atoms with van der Waals surface area (Å²) in [5.74, 6) is 0.0382. The van der Waals surface area contributed by atoms with E-state index in [1.54, 1.807) is 0 Å². The molecule has 2 aliphatic heterocycles. The van der Waals surface area contributed by atoms with E-state index in [1.807, 2.05) is 27.3 Å². The molecule has 4 rings (SSSR count). The first-order valence-electron chi connectivity index (χ1n) is 11.4. The van der Waals surface area contributed by atoms with E-state index in [0.29, 0.717) is 25.3 Å². The molecule has 1 aromatic carbocycles. The molecule has 1 atom stereocenters. The summed E-state index contributed by atoms with van der Waals surface area (Å²) in [6.07, 6.45) is 2.15. The second-order valence-corrected chi connectivity index (χ2v) is 15.7. The van der Waals surface area contributed by atoms with E-state index in [0.717, 1.165) is 36.8 Å². The smallest absolute Gasteiger partial charge is 0.322 e. The van der Waals surface area contributed by atoms with Gasteiger partial charge in [0.1, 0.15) is 5.69 Å². The summed E-state index contributed by atoms with van der Waals surface area (Å²) in [6.45, 7) is 12.7. The zero-order valence-corrected chi connectivity index (χ0v) is 21.2. The lowest BCUT2D eigenvalue weighted by Crippen LogP contribution is -2.55. The van der Waals surface area contributed by atoms with E-state index in [4.69, 9.17) is 0 Å². The van der Waals surface area contributed by atoms with Crippen molar-refractivity contribution in [2.75, 3.05) is 42.9 Å². The minimum Gasteiger partial charge on any atom is -0.344 e. The average molecular weight is 472 g/mol. The summed E-state index contributed by atoms with van der Waals surface area (Å²) >= 11 is 1.51. The SMILES string of the molecule is CC1CN(c2nc(C(=O)N3CCCC3)cs2)CCN1C(=O)Nc1ccc([Si](C)(C)C)cc1. The molecule has 3 heterocycles. The van der Waals surface area contributed by atoms with Crippen molar-refractivity contribution in [2.45, 2.75) is 45.4 Å². The number of thiazole rings is 1. The fourth-order valence-corrected chi connectivity index (χ4v) is 6.28. The van der Waals surface area contributed by atoms with Crippen LogP contribution in [0.2, 0.25) is 19.6 Å². The van der Waals surface area contributed by atoms with E-state index < -0.39 is 8.07 Å². The summed E-state index contributed by atoms with van der Waals surface area (Å²) in [6, 6.07) is 8.25. The van der Waals surface area contributed by atoms with Gasteiger partial charge in [-0.3, -0.25) is 4.79 Å². The Labute approximate surface area is 195 Å². The third kappa shape index (κ3) is 4.99. The normalized spacial score (nSPS) is 19.4. The van der Waals surface area contributed by atoms with Gasteiger partial charge in [0.15, 0.2) is 5.13 Å². The van der Waals surface area contributed by atoms with Gasteiger partial charge in [-0.15, -0.1) is 11.3 Å². The number of carbonyl (C=O) groups is 2. The Kier molecular flexibility index (Phi) is 6.57. The number of hydrogen-bond acceptors (Lipinski definition) is 5. The van der Waals surface area contributed by atoms with Crippen LogP contribution >= 0.6 is 11.3 Å². The summed E-state index contributed by atoms with van der Waals surface area (Å²) in [7, 11) is -1.35. The number of nitrogens with zero attached hydrogens (tertiary/aromatic N) is 4. The molecule has 0 aliphatic carbocycles. The fraction of sp³-hybridized carbons (Fsp3) is 0.522. The number of hydrogen-bond donors (Lipinski definition) is 1. The van der Waals surface area contributed by atoms with E-state index in [1.165, 1.54) is 16.5 Å². The Balaban J connectivity index is 1.34. The van der Waals surface area contributed by atoms with Crippen molar-refractivity contribution in [3.8, 4) is 0 Å². The van der Waals surface area contributed by atoms with Gasteiger partial charge in [0.25, 0.3) is 5.91 Å². The number of anilines is 2. The molecule has 2 saturated heterocycles. The van der Waals surface area contributed by atoms with Crippen LogP contribution in [0.1, 0.15) is 30.3 Å². The first-order chi connectivity index (χ1) is 15.2. The minimum atomic E-state index is -1.35. The number of aromatic nitrogens is 1. The van der Waals surface area contributed by atoms with Crippen LogP contribution in [0.3, 0.4) is 0 Å². The molecule has 2 aliphatic rings. The maximum Gasteiger partial charge on any atom is 0.322 e. The predicted molar refractivity (Wildman–Crippen MR) is 134 cm³/mol. The maximum atomic E-state index is 12.9. The number of amides is 3. The Bertz CT molecular complexity index is 966. The molecule has 7 nitrogen and oxygen atoms in total. The molecule has 2 aromatic rings. The highest BCUT2D eigenvalue weighted by molar-refractivity contribution is 7.13. The van der Waals surface area contributed by atoms with Crippen molar-refractivity contribution in [2.24, 2.45) is 0 Å². The third-order valence-electron chi connectivity index (χ3n) is 6.27. The number of rotatable bonds is 4. The lowest BCUT2D eigenvalue weighted by Gasteiger charge is -2.39. The van der Waals surface area contributed by atoms with Crippen LogP contribution in [-0.2, 0) is 0 Å². The van der Waals surface area contributed by atoms with Gasteiger partial charge >= 0.3 is 6.03 Å². The van der Waals surface area contributed by atoms with Crippen LogP contribution in [0.25, 0.3) is 0 Å². The van der Waals surface area contributed by atoms with Gasteiger partial charge in [-0.1, -0.05) is 37.0 Å². The van der Waals surface area contributed by atoms with E-state index in [9.17, 15) is 9.59 Å². The quantitative estimate of drug-likeness (QED) is 0.691. The molecular formula is C23H33N5O2SSi. The van der Waals surface area contributed by atoms with Crippen LogP contribution in [-0.4, -0.2) is 73.6 Å². The average Bonchev–Trinajstić information content (AvgIpc) is 3.45. The zero-order chi connectivity index (χ0) is 22.9. The lowest BCUT2D eigenvalue weighted by atomic mass is 10.2. The van der Waals surface area contributed by atoms with Crippen LogP contribution in [0.5, 0.6) is 0 Å².